The van der Waals surface area contributed by atoms with Gasteiger partial charge in [0.25, 0.3) is 5.91 Å². The van der Waals surface area contributed by atoms with E-state index in [1.807, 2.05) is 31.2 Å². The zero-order valence-electron chi connectivity index (χ0n) is 16.2. The van der Waals surface area contributed by atoms with Gasteiger partial charge in [-0.05, 0) is 67.5 Å². The smallest absolute Gasteiger partial charge is 0.255 e. The quantitative estimate of drug-likeness (QED) is 0.819. The fourth-order valence-corrected chi connectivity index (χ4v) is 3.84. The molecule has 0 bridgehead atoms. The topological polar surface area (TPSA) is 32.3 Å². The van der Waals surface area contributed by atoms with E-state index in [0.29, 0.717) is 5.56 Å². The Labute approximate surface area is 157 Å². The van der Waals surface area contributed by atoms with E-state index >= 15 is 0 Å². The molecule has 1 fully saturated rings. The van der Waals surface area contributed by atoms with Crippen molar-refractivity contribution >= 4 is 11.6 Å². The third-order valence-electron chi connectivity index (χ3n) is 5.34. The van der Waals surface area contributed by atoms with Gasteiger partial charge < -0.3 is 5.32 Å². The summed E-state index contributed by atoms with van der Waals surface area (Å²) in [5.41, 5.74) is 5.22. The zero-order chi connectivity index (χ0) is 18.5. The fourth-order valence-electron chi connectivity index (χ4n) is 3.84. The van der Waals surface area contributed by atoms with E-state index < -0.39 is 0 Å². The number of nitrogens with zero attached hydrogens (tertiary/aromatic N) is 1. The molecular weight excluding hydrogens is 320 g/mol. The second-order valence-corrected chi connectivity index (χ2v) is 7.60. The van der Waals surface area contributed by atoms with Crippen molar-refractivity contribution < 1.29 is 4.79 Å². The molecule has 0 radical (unpaired) electrons. The van der Waals surface area contributed by atoms with Crippen molar-refractivity contribution in [3.05, 3.63) is 64.7 Å². The Hall–Kier alpha value is -2.13. The number of piperidine rings is 1. The van der Waals surface area contributed by atoms with E-state index in [1.165, 1.54) is 37.1 Å². The normalized spacial score (nSPS) is 17.9. The number of aryl methyl sites for hydroxylation is 2. The summed E-state index contributed by atoms with van der Waals surface area (Å²) in [6.07, 6.45) is 3.54. The molecule has 1 atom stereocenters. The number of hydrogen-bond donors (Lipinski definition) is 1. The minimum Gasteiger partial charge on any atom is -0.321 e. The third kappa shape index (κ3) is 4.53. The highest BCUT2D eigenvalue weighted by Gasteiger charge is 2.16. The van der Waals surface area contributed by atoms with Gasteiger partial charge in [0.1, 0.15) is 0 Å². The van der Waals surface area contributed by atoms with Gasteiger partial charge in [-0.3, -0.25) is 9.69 Å². The molecule has 3 heteroatoms. The van der Waals surface area contributed by atoms with E-state index in [-0.39, 0.29) is 5.91 Å². The fraction of sp³-hybridized carbons (Fsp3) is 0.435. The zero-order valence-corrected chi connectivity index (χ0v) is 16.2. The molecule has 3 nitrogen and oxygen atoms in total. The summed E-state index contributed by atoms with van der Waals surface area (Å²) >= 11 is 0. The van der Waals surface area contributed by atoms with Crippen LogP contribution in [0.1, 0.15) is 53.7 Å². The molecule has 0 aliphatic carbocycles. The summed E-state index contributed by atoms with van der Waals surface area (Å²) in [7, 11) is 0. The monoisotopic (exact) mass is 350 g/mol. The highest BCUT2D eigenvalue weighted by molar-refractivity contribution is 6.05. The second-order valence-electron chi connectivity index (χ2n) is 7.60. The molecule has 1 N–H and O–H groups in total. The molecule has 26 heavy (non-hydrogen) atoms. The standard InChI is InChI=1S/C23H30N2O/c1-4-20-9-5-8-18(3)22(20)24-23(26)21-12-10-19(11-13-21)16-25-14-6-7-17(2)15-25/h5,8-13,17H,4,6-7,14-16H2,1-3H3,(H,24,26)/t17-/m0/s1. The number of carbonyl (C=O) groups excluding carboxylic acids is 1. The van der Waals surface area contributed by atoms with Crippen LogP contribution in [-0.2, 0) is 13.0 Å². The van der Waals surface area contributed by atoms with Crippen molar-refractivity contribution in [1.29, 1.82) is 0 Å². The summed E-state index contributed by atoms with van der Waals surface area (Å²) in [5.74, 6) is 0.753. The van der Waals surface area contributed by atoms with Gasteiger partial charge in [-0.2, -0.15) is 0 Å². The number of likely N-dealkylation sites (tertiary alicyclic amines) is 1. The molecule has 1 heterocycles. The van der Waals surface area contributed by atoms with Crippen molar-refractivity contribution in [2.24, 2.45) is 5.92 Å². The Morgan fingerprint density at radius 3 is 2.65 bits per heavy atom. The van der Waals surface area contributed by atoms with Gasteiger partial charge in [0.05, 0.1) is 0 Å². The number of nitrogens with one attached hydrogen (secondary N) is 1. The third-order valence-corrected chi connectivity index (χ3v) is 5.34. The maximum atomic E-state index is 12.7. The number of hydrogen-bond acceptors (Lipinski definition) is 2. The van der Waals surface area contributed by atoms with Crippen LogP contribution in [0.3, 0.4) is 0 Å². The van der Waals surface area contributed by atoms with Crippen molar-refractivity contribution in [1.82, 2.24) is 4.90 Å². The van der Waals surface area contributed by atoms with Crippen LogP contribution in [0.25, 0.3) is 0 Å². The maximum absolute atomic E-state index is 12.7. The van der Waals surface area contributed by atoms with Crippen molar-refractivity contribution in [2.45, 2.75) is 46.6 Å². The number of para-hydroxylation sites is 1. The molecule has 0 aromatic heterocycles. The van der Waals surface area contributed by atoms with Gasteiger partial charge in [0, 0.05) is 24.3 Å². The van der Waals surface area contributed by atoms with E-state index in [2.05, 4.69) is 42.3 Å². The lowest BCUT2D eigenvalue weighted by Crippen LogP contribution is -2.33. The summed E-state index contributed by atoms with van der Waals surface area (Å²) in [6, 6.07) is 14.2. The first kappa shape index (κ1) is 18.7. The van der Waals surface area contributed by atoms with Crippen molar-refractivity contribution in [3.63, 3.8) is 0 Å². The summed E-state index contributed by atoms with van der Waals surface area (Å²) in [6.45, 7) is 9.81. The van der Waals surface area contributed by atoms with Gasteiger partial charge in [-0.1, -0.05) is 44.2 Å². The molecule has 0 unspecified atom stereocenters. The Balaban J connectivity index is 1.66. The van der Waals surface area contributed by atoms with Crippen molar-refractivity contribution in [2.75, 3.05) is 18.4 Å². The number of carbonyl (C=O) groups is 1. The molecule has 2 aromatic carbocycles. The molecule has 3 rings (SSSR count). The molecule has 1 saturated heterocycles. The van der Waals surface area contributed by atoms with E-state index in [0.717, 1.165) is 30.1 Å². The average Bonchev–Trinajstić information content (AvgIpc) is 2.64. The van der Waals surface area contributed by atoms with Crippen LogP contribution in [-0.4, -0.2) is 23.9 Å². The lowest BCUT2D eigenvalue weighted by Gasteiger charge is -2.30. The number of rotatable bonds is 5. The predicted octanol–water partition coefficient (Wildman–Crippen LogP) is 5.04. The molecule has 0 spiro atoms. The first-order valence-corrected chi connectivity index (χ1v) is 9.78. The first-order valence-electron chi connectivity index (χ1n) is 9.78. The Kier molecular flexibility index (Phi) is 6.10. The highest BCUT2D eigenvalue weighted by atomic mass is 16.1. The van der Waals surface area contributed by atoms with Crippen LogP contribution >= 0.6 is 0 Å². The summed E-state index contributed by atoms with van der Waals surface area (Å²) < 4.78 is 0. The molecule has 1 aliphatic rings. The number of benzene rings is 2. The highest BCUT2D eigenvalue weighted by Crippen LogP contribution is 2.22. The average molecular weight is 351 g/mol. The lowest BCUT2D eigenvalue weighted by molar-refractivity contribution is 0.102. The van der Waals surface area contributed by atoms with Crippen molar-refractivity contribution in [3.8, 4) is 0 Å². The van der Waals surface area contributed by atoms with Crippen LogP contribution in [0, 0.1) is 12.8 Å². The second kappa shape index (κ2) is 8.50. The van der Waals surface area contributed by atoms with Gasteiger partial charge >= 0.3 is 0 Å². The lowest BCUT2D eigenvalue weighted by atomic mass is 9.99. The SMILES string of the molecule is CCc1cccc(C)c1NC(=O)c1ccc(CN2CCC[C@H](C)C2)cc1. The van der Waals surface area contributed by atoms with Crippen LogP contribution in [0.2, 0.25) is 0 Å². The predicted molar refractivity (Wildman–Crippen MR) is 109 cm³/mol. The van der Waals surface area contributed by atoms with Gasteiger partial charge in [0.15, 0.2) is 0 Å². The molecule has 2 aromatic rings. The minimum absolute atomic E-state index is 0.0351. The summed E-state index contributed by atoms with van der Waals surface area (Å²) in [4.78, 5) is 15.2. The molecule has 1 amide bonds. The minimum atomic E-state index is -0.0351. The van der Waals surface area contributed by atoms with Crippen LogP contribution < -0.4 is 5.32 Å². The number of anilines is 1. The first-order chi connectivity index (χ1) is 12.6. The van der Waals surface area contributed by atoms with E-state index in [4.69, 9.17) is 0 Å². The molecule has 1 aliphatic heterocycles. The van der Waals surface area contributed by atoms with Crippen LogP contribution in [0.5, 0.6) is 0 Å². The summed E-state index contributed by atoms with van der Waals surface area (Å²) in [5, 5.41) is 3.10. The molecule has 0 saturated carbocycles. The molecule has 138 valence electrons. The molecular formula is C23H30N2O. The number of amides is 1. The van der Waals surface area contributed by atoms with Gasteiger partial charge in [-0.15, -0.1) is 0 Å². The van der Waals surface area contributed by atoms with Gasteiger partial charge in [0.2, 0.25) is 0 Å². The van der Waals surface area contributed by atoms with Crippen LogP contribution in [0.15, 0.2) is 42.5 Å². The maximum Gasteiger partial charge on any atom is 0.255 e. The van der Waals surface area contributed by atoms with E-state index in [1.54, 1.807) is 0 Å². The van der Waals surface area contributed by atoms with Crippen LogP contribution in [0.4, 0.5) is 5.69 Å². The van der Waals surface area contributed by atoms with Gasteiger partial charge in [-0.25, -0.2) is 0 Å². The Morgan fingerprint density at radius 1 is 1.19 bits per heavy atom. The van der Waals surface area contributed by atoms with E-state index in [9.17, 15) is 4.79 Å². The Morgan fingerprint density at radius 2 is 1.96 bits per heavy atom. The largest absolute Gasteiger partial charge is 0.321 e. The Bertz CT molecular complexity index is 751.